The first kappa shape index (κ1) is 13.0. The molecule has 3 nitrogen and oxygen atoms in total. The summed E-state index contributed by atoms with van der Waals surface area (Å²) in [7, 11) is 0. The SMILES string of the molecule is Cc1cccc(-c2ccc(C(=O)CC(=O)O)cc2)c1. The van der Waals surface area contributed by atoms with Crippen LogP contribution in [-0.2, 0) is 4.79 Å². The lowest BCUT2D eigenvalue weighted by Crippen LogP contribution is -2.06. The van der Waals surface area contributed by atoms with Gasteiger partial charge in [-0.05, 0) is 18.1 Å². The van der Waals surface area contributed by atoms with Crippen molar-refractivity contribution in [3.63, 3.8) is 0 Å². The van der Waals surface area contributed by atoms with Crippen LogP contribution in [0.4, 0.5) is 0 Å². The first-order valence-electron chi connectivity index (χ1n) is 5.98. The van der Waals surface area contributed by atoms with E-state index in [1.54, 1.807) is 12.1 Å². The highest BCUT2D eigenvalue weighted by atomic mass is 16.4. The van der Waals surface area contributed by atoms with Crippen LogP contribution in [0.1, 0.15) is 22.3 Å². The molecule has 0 aliphatic carbocycles. The van der Waals surface area contributed by atoms with Gasteiger partial charge in [0.05, 0.1) is 0 Å². The van der Waals surface area contributed by atoms with Gasteiger partial charge in [-0.25, -0.2) is 0 Å². The molecule has 2 aromatic rings. The number of hydrogen-bond donors (Lipinski definition) is 1. The zero-order valence-electron chi connectivity index (χ0n) is 10.6. The summed E-state index contributed by atoms with van der Waals surface area (Å²) in [6.07, 6.45) is -0.468. The molecule has 0 spiro atoms. The molecule has 0 unspecified atom stereocenters. The zero-order valence-corrected chi connectivity index (χ0v) is 10.6. The highest BCUT2D eigenvalue weighted by Crippen LogP contribution is 2.21. The third-order valence-corrected chi connectivity index (χ3v) is 2.87. The minimum Gasteiger partial charge on any atom is -0.481 e. The van der Waals surface area contributed by atoms with Crippen LogP contribution in [0.3, 0.4) is 0 Å². The monoisotopic (exact) mass is 254 g/mol. The smallest absolute Gasteiger partial charge is 0.311 e. The molecule has 0 atom stereocenters. The summed E-state index contributed by atoms with van der Waals surface area (Å²) < 4.78 is 0. The molecular formula is C16H14O3. The van der Waals surface area contributed by atoms with Gasteiger partial charge in [0.25, 0.3) is 0 Å². The van der Waals surface area contributed by atoms with Crippen molar-refractivity contribution in [1.82, 2.24) is 0 Å². The van der Waals surface area contributed by atoms with Gasteiger partial charge in [0.2, 0.25) is 0 Å². The van der Waals surface area contributed by atoms with Gasteiger partial charge in [-0.3, -0.25) is 9.59 Å². The summed E-state index contributed by atoms with van der Waals surface area (Å²) >= 11 is 0. The molecule has 0 aliphatic heterocycles. The zero-order chi connectivity index (χ0) is 13.8. The molecule has 2 rings (SSSR count). The molecule has 1 N–H and O–H groups in total. The fraction of sp³-hybridized carbons (Fsp3) is 0.125. The summed E-state index contributed by atoms with van der Waals surface area (Å²) in [5.41, 5.74) is 3.69. The fourth-order valence-electron chi connectivity index (χ4n) is 1.91. The molecule has 3 heteroatoms. The van der Waals surface area contributed by atoms with Crippen LogP contribution in [-0.4, -0.2) is 16.9 Å². The minimum atomic E-state index is -1.10. The van der Waals surface area contributed by atoms with E-state index in [1.165, 1.54) is 5.56 Å². The van der Waals surface area contributed by atoms with Gasteiger partial charge >= 0.3 is 5.97 Å². The van der Waals surface area contributed by atoms with E-state index in [0.29, 0.717) is 5.56 Å². The van der Waals surface area contributed by atoms with E-state index in [2.05, 4.69) is 6.07 Å². The van der Waals surface area contributed by atoms with E-state index in [9.17, 15) is 9.59 Å². The number of carbonyl (C=O) groups is 2. The third-order valence-electron chi connectivity index (χ3n) is 2.87. The average molecular weight is 254 g/mol. The molecule has 0 saturated heterocycles. The fourth-order valence-corrected chi connectivity index (χ4v) is 1.91. The maximum Gasteiger partial charge on any atom is 0.311 e. The standard InChI is InChI=1S/C16H14O3/c1-11-3-2-4-14(9-11)12-5-7-13(8-6-12)15(17)10-16(18)19/h2-9H,10H2,1H3,(H,18,19). The van der Waals surface area contributed by atoms with Crippen LogP contribution in [0.5, 0.6) is 0 Å². The van der Waals surface area contributed by atoms with Gasteiger partial charge in [0.1, 0.15) is 6.42 Å². The van der Waals surface area contributed by atoms with E-state index in [1.807, 2.05) is 37.3 Å². The van der Waals surface area contributed by atoms with Crippen molar-refractivity contribution in [3.05, 3.63) is 59.7 Å². The highest BCUT2D eigenvalue weighted by molar-refractivity contribution is 6.05. The van der Waals surface area contributed by atoms with E-state index < -0.39 is 12.4 Å². The van der Waals surface area contributed by atoms with Crippen molar-refractivity contribution in [2.45, 2.75) is 13.3 Å². The molecule has 0 saturated carbocycles. The Morgan fingerprint density at radius 3 is 2.26 bits per heavy atom. The Kier molecular flexibility index (Phi) is 3.76. The normalized spacial score (nSPS) is 10.2. The van der Waals surface area contributed by atoms with Crippen LogP contribution in [0.2, 0.25) is 0 Å². The first-order valence-corrected chi connectivity index (χ1v) is 5.98. The van der Waals surface area contributed by atoms with Crippen molar-refractivity contribution < 1.29 is 14.7 Å². The molecule has 0 fully saturated rings. The van der Waals surface area contributed by atoms with E-state index in [4.69, 9.17) is 5.11 Å². The molecule has 19 heavy (non-hydrogen) atoms. The Morgan fingerprint density at radius 1 is 1.00 bits per heavy atom. The number of aryl methyl sites for hydroxylation is 1. The summed E-state index contributed by atoms with van der Waals surface area (Å²) in [4.78, 5) is 22.1. The summed E-state index contributed by atoms with van der Waals surface area (Å²) in [6.45, 7) is 2.02. The van der Waals surface area contributed by atoms with Crippen LogP contribution in [0.25, 0.3) is 11.1 Å². The Morgan fingerprint density at radius 2 is 1.68 bits per heavy atom. The summed E-state index contributed by atoms with van der Waals surface area (Å²) in [5.74, 6) is -1.48. The molecular weight excluding hydrogens is 240 g/mol. The molecule has 0 amide bonds. The summed E-state index contributed by atoms with van der Waals surface area (Å²) in [6, 6.07) is 15.1. The quantitative estimate of drug-likeness (QED) is 0.672. The van der Waals surface area contributed by atoms with Crippen LogP contribution in [0.15, 0.2) is 48.5 Å². The van der Waals surface area contributed by atoms with Gasteiger partial charge in [-0.2, -0.15) is 0 Å². The van der Waals surface area contributed by atoms with E-state index in [0.717, 1.165) is 11.1 Å². The number of hydrogen-bond acceptors (Lipinski definition) is 2. The maximum absolute atomic E-state index is 11.6. The van der Waals surface area contributed by atoms with E-state index in [-0.39, 0.29) is 5.78 Å². The van der Waals surface area contributed by atoms with Crippen LogP contribution < -0.4 is 0 Å². The second-order valence-corrected chi connectivity index (χ2v) is 4.44. The van der Waals surface area contributed by atoms with Crippen LogP contribution in [0, 0.1) is 6.92 Å². The maximum atomic E-state index is 11.6. The Balaban J connectivity index is 2.23. The predicted octanol–water partition coefficient (Wildman–Crippen LogP) is 3.32. The van der Waals surface area contributed by atoms with Gasteiger partial charge in [0.15, 0.2) is 5.78 Å². The van der Waals surface area contributed by atoms with Crippen molar-refractivity contribution >= 4 is 11.8 Å². The van der Waals surface area contributed by atoms with Crippen molar-refractivity contribution in [3.8, 4) is 11.1 Å². The molecule has 0 bridgehead atoms. The lowest BCUT2D eigenvalue weighted by atomic mass is 10.0. The molecule has 0 aliphatic rings. The largest absolute Gasteiger partial charge is 0.481 e. The number of ketones is 1. The number of carbonyl (C=O) groups excluding carboxylic acids is 1. The van der Waals surface area contributed by atoms with Crippen molar-refractivity contribution in [2.24, 2.45) is 0 Å². The van der Waals surface area contributed by atoms with Gasteiger partial charge in [-0.1, -0.05) is 54.1 Å². The Bertz CT molecular complexity index is 612. The van der Waals surface area contributed by atoms with Crippen molar-refractivity contribution in [2.75, 3.05) is 0 Å². The molecule has 0 radical (unpaired) electrons. The number of Topliss-reactive ketones (excluding diaryl/α,β-unsaturated/α-hetero) is 1. The second kappa shape index (κ2) is 5.48. The summed E-state index contributed by atoms with van der Waals surface area (Å²) in [5, 5.41) is 8.59. The van der Waals surface area contributed by atoms with Gasteiger partial charge in [0, 0.05) is 5.56 Å². The lowest BCUT2D eigenvalue weighted by Gasteiger charge is -2.04. The van der Waals surface area contributed by atoms with Crippen LogP contribution >= 0.6 is 0 Å². The van der Waals surface area contributed by atoms with Crippen molar-refractivity contribution in [1.29, 1.82) is 0 Å². The number of carboxylic acids is 1. The lowest BCUT2D eigenvalue weighted by molar-refractivity contribution is -0.135. The van der Waals surface area contributed by atoms with Gasteiger partial charge in [-0.15, -0.1) is 0 Å². The molecule has 96 valence electrons. The average Bonchev–Trinajstić information content (AvgIpc) is 2.38. The third kappa shape index (κ3) is 3.28. The highest BCUT2D eigenvalue weighted by Gasteiger charge is 2.10. The Labute approximate surface area is 111 Å². The van der Waals surface area contributed by atoms with E-state index >= 15 is 0 Å². The number of aliphatic carboxylic acids is 1. The minimum absolute atomic E-state index is 0.372. The Hall–Kier alpha value is -2.42. The number of carboxylic acid groups (broad SMARTS) is 1. The predicted molar refractivity (Wildman–Crippen MR) is 73.2 cm³/mol. The molecule has 0 aromatic heterocycles. The molecule has 0 heterocycles. The first-order chi connectivity index (χ1) is 9.06. The number of rotatable bonds is 4. The van der Waals surface area contributed by atoms with Gasteiger partial charge < -0.3 is 5.11 Å². The number of benzene rings is 2. The topological polar surface area (TPSA) is 54.4 Å². The molecule has 2 aromatic carbocycles. The second-order valence-electron chi connectivity index (χ2n) is 4.44.